The van der Waals surface area contributed by atoms with Crippen LogP contribution >= 0.6 is 11.3 Å². The lowest BCUT2D eigenvalue weighted by atomic mass is 10.1. The summed E-state index contributed by atoms with van der Waals surface area (Å²) in [5.74, 6) is 1.66. The zero-order chi connectivity index (χ0) is 18.4. The van der Waals surface area contributed by atoms with E-state index in [1.807, 2.05) is 61.0 Å². The van der Waals surface area contributed by atoms with Crippen molar-refractivity contribution in [2.24, 2.45) is 0 Å². The van der Waals surface area contributed by atoms with E-state index >= 15 is 0 Å². The highest BCUT2D eigenvalue weighted by Crippen LogP contribution is 2.33. The van der Waals surface area contributed by atoms with Gasteiger partial charge in [-0.3, -0.25) is 0 Å². The lowest BCUT2D eigenvalue weighted by Crippen LogP contribution is -1.97. The average molecular weight is 371 g/mol. The van der Waals surface area contributed by atoms with Gasteiger partial charge in [0.25, 0.3) is 0 Å². The Morgan fingerprint density at radius 2 is 1.78 bits per heavy atom. The van der Waals surface area contributed by atoms with Crippen LogP contribution in [0.2, 0.25) is 0 Å². The van der Waals surface area contributed by atoms with Gasteiger partial charge in [-0.2, -0.15) is 5.10 Å². The van der Waals surface area contributed by atoms with Crippen molar-refractivity contribution in [2.75, 3.05) is 0 Å². The second-order valence-electron chi connectivity index (χ2n) is 6.54. The molecular formula is C22H17N3OS. The second kappa shape index (κ2) is 6.21. The molecule has 5 aromatic rings. The van der Waals surface area contributed by atoms with Crippen molar-refractivity contribution in [1.82, 2.24) is 14.8 Å². The number of thiazole rings is 1. The lowest BCUT2D eigenvalue weighted by Gasteiger charge is -2.08. The summed E-state index contributed by atoms with van der Waals surface area (Å²) in [7, 11) is 0. The van der Waals surface area contributed by atoms with Crippen LogP contribution < -0.4 is 4.74 Å². The van der Waals surface area contributed by atoms with E-state index in [0.29, 0.717) is 0 Å². The Hall–Kier alpha value is -3.18. The van der Waals surface area contributed by atoms with Crippen molar-refractivity contribution < 1.29 is 4.74 Å². The first kappa shape index (κ1) is 16.0. The number of fused-ring (bicyclic) bond motifs is 2. The van der Waals surface area contributed by atoms with Gasteiger partial charge >= 0.3 is 0 Å². The highest BCUT2D eigenvalue weighted by atomic mass is 32.1. The Morgan fingerprint density at radius 1 is 0.926 bits per heavy atom. The minimum Gasteiger partial charge on any atom is -0.457 e. The van der Waals surface area contributed by atoms with Crippen molar-refractivity contribution in [3.63, 3.8) is 0 Å². The van der Waals surface area contributed by atoms with Crippen molar-refractivity contribution in [3.8, 4) is 16.6 Å². The summed E-state index contributed by atoms with van der Waals surface area (Å²) in [6, 6.07) is 22.4. The summed E-state index contributed by atoms with van der Waals surface area (Å²) in [6.07, 6.45) is 0. The molecule has 0 radical (unpaired) electrons. The molecule has 0 unspecified atom stereocenters. The summed E-state index contributed by atoms with van der Waals surface area (Å²) in [5, 5.41) is 7.68. The quantitative estimate of drug-likeness (QED) is 0.388. The standard InChI is InChI=1S/C22H17N3OS/c1-14-12-15(2)25(24-14)22-23-19-11-10-17(13-21(19)27-22)26-20-9-5-7-16-6-3-4-8-18(16)20/h3-13H,1-2H3. The molecule has 0 aliphatic carbocycles. The Morgan fingerprint density at radius 3 is 2.63 bits per heavy atom. The predicted octanol–water partition coefficient (Wildman–Crippen LogP) is 6.04. The van der Waals surface area contributed by atoms with Gasteiger partial charge in [0.1, 0.15) is 11.5 Å². The molecule has 5 rings (SSSR count). The molecule has 0 amide bonds. The maximum atomic E-state index is 6.20. The van der Waals surface area contributed by atoms with Gasteiger partial charge in [-0.25, -0.2) is 9.67 Å². The largest absolute Gasteiger partial charge is 0.457 e. The Balaban J connectivity index is 1.54. The second-order valence-corrected chi connectivity index (χ2v) is 7.55. The number of ether oxygens (including phenoxy) is 1. The van der Waals surface area contributed by atoms with Crippen LogP contribution in [0.5, 0.6) is 11.5 Å². The molecule has 5 heteroatoms. The van der Waals surface area contributed by atoms with E-state index in [-0.39, 0.29) is 0 Å². The van der Waals surface area contributed by atoms with Crippen LogP contribution in [-0.2, 0) is 0 Å². The number of aryl methyl sites for hydroxylation is 2. The number of aromatic nitrogens is 3. The van der Waals surface area contributed by atoms with Gasteiger partial charge in [0.2, 0.25) is 5.13 Å². The van der Waals surface area contributed by atoms with E-state index in [2.05, 4.69) is 29.4 Å². The molecule has 0 N–H and O–H groups in total. The summed E-state index contributed by atoms with van der Waals surface area (Å²) in [4.78, 5) is 4.72. The molecule has 3 aromatic carbocycles. The molecule has 132 valence electrons. The fourth-order valence-corrected chi connectivity index (χ4v) is 4.29. The first-order valence-corrected chi connectivity index (χ1v) is 9.59. The lowest BCUT2D eigenvalue weighted by molar-refractivity contribution is 0.489. The van der Waals surface area contributed by atoms with Crippen molar-refractivity contribution in [2.45, 2.75) is 13.8 Å². The van der Waals surface area contributed by atoms with Gasteiger partial charge in [0, 0.05) is 17.1 Å². The summed E-state index contributed by atoms with van der Waals surface area (Å²) >= 11 is 1.62. The van der Waals surface area contributed by atoms with Crippen molar-refractivity contribution >= 4 is 32.3 Å². The van der Waals surface area contributed by atoms with E-state index in [1.165, 1.54) is 5.39 Å². The van der Waals surface area contributed by atoms with Crippen LogP contribution in [-0.4, -0.2) is 14.8 Å². The van der Waals surface area contributed by atoms with Gasteiger partial charge in [0.15, 0.2) is 0 Å². The van der Waals surface area contributed by atoms with Crippen LogP contribution in [0.25, 0.3) is 26.1 Å². The third-order valence-corrected chi connectivity index (χ3v) is 5.51. The Bertz CT molecular complexity index is 1280. The number of nitrogens with zero attached hydrogens (tertiary/aromatic N) is 3. The Kier molecular flexibility index (Phi) is 3.69. The molecule has 0 saturated heterocycles. The van der Waals surface area contributed by atoms with Crippen LogP contribution in [0, 0.1) is 13.8 Å². The van der Waals surface area contributed by atoms with Crippen molar-refractivity contribution in [3.05, 3.63) is 78.1 Å². The van der Waals surface area contributed by atoms with E-state index in [9.17, 15) is 0 Å². The smallest absolute Gasteiger partial charge is 0.211 e. The fraction of sp³-hybridized carbons (Fsp3) is 0.0909. The predicted molar refractivity (Wildman–Crippen MR) is 110 cm³/mol. The molecule has 0 saturated carbocycles. The van der Waals surface area contributed by atoms with Gasteiger partial charge in [-0.15, -0.1) is 0 Å². The van der Waals surface area contributed by atoms with E-state index in [1.54, 1.807) is 11.3 Å². The van der Waals surface area contributed by atoms with Gasteiger partial charge in [-0.1, -0.05) is 47.7 Å². The normalized spacial score (nSPS) is 11.3. The average Bonchev–Trinajstić information content (AvgIpc) is 3.24. The zero-order valence-electron chi connectivity index (χ0n) is 15.0. The number of hydrogen-bond donors (Lipinski definition) is 0. The SMILES string of the molecule is Cc1cc(C)n(-c2nc3ccc(Oc4cccc5ccccc45)cc3s2)n1. The molecule has 0 atom stereocenters. The van der Waals surface area contributed by atoms with E-state index < -0.39 is 0 Å². The van der Waals surface area contributed by atoms with E-state index in [4.69, 9.17) is 9.72 Å². The van der Waals surface area contributed by atoms with Crippen LogP contribution in [0.15, 0.2) is 66.7 Å². The fourth-order valence-electron chi connectivity index (χ4n) is 3.28. The van der Waals surface area contributed by atoms with Gasteiger partial charge < -0.3 is 4.74 Å². The number of rotatable bonds is 3. The Labute approximate surface area is 160 Å². The summed E-state index contributed by atoms with van der Waals surface area (Å²) < 4.78 is 9.17. The maximum Gasteiger partial charge on any atom is 0.211 e. The highest BCUT2D eigenvalue weighted by molar-refractivity contribution is 7.20. The number of hydrogen-bond acceptors (Lipinski definition) is 4. The monoisotopic (exact) mass is 371 g/mol. The topological polar surface area (TPSA) is 39.9 Å². The summed E-state index contributed by atoms with van der Waals surface area (Å²) in [6.45, 7) is 4.04. The molecule has 0 aliphatic rings. The molecule has 0 aliphatic heterocycles. The van der Waals surface area contributed by atoms with E-state index in [0.717, 1.165) is 43.6 Å². The minimum atomic E-state index is 0.808. The summed E-state index contributed by atoms with van der Waals surface area (Å²) in [5.41, 5.74) is 3.03. The van der Waals surface area contributed by atoms with Gasteiger partial charge in [0.05, 0.1) is 15.9 Å². The van der Waals surface area contributed by atoms with Gasteiger partial charge in [-0.05, 0) is 43.5 Å². The van der Waals surface area contributed by atoms with Crippen LogP contribution in [0.3, 0.4) is 0 Å². The molecular weight excluding hydrogens is 354 g/mol. The number of benzene rings is 3. The molecule has 4 nitrogen and oxygen atoms in total. The molecule has 0 spiro atoms. The molecule has 0 bridgehead atoms. The molecule has 27 heavy (non-hydrogen) atoms. The molecule has 2 heterocycles. The van der Waals surface area contributed by atoms with Crippen LogP contribution in [0.4, 0.5) is 0 Å². The minimum absolute atomic E-state index is 0.808. The third-order valence-electron chi connectivity index (χ3n) is 4.52. The highest BCUT2D eigenvalue weighted by Gasteiger charge is 2.11. The van der Waals surface area contributed by atoms with Crippen LogP contribution in [0.1, 0.15) is 11.4 Å². The first-order valence-electron chi connectivity index (χ1n) is 8.77. The third kappa shape index (κ3) is 2.86. The zero-order valence-corrected chi connectivity index (χ0v) is 15.8. The van der Waals surface area contributed by atoms with Crippen molar-refractivity contribution in [1.29, 1.82) is 0 Å². The molecule has 0 fully saturated rings. The molecule has 2 aromatic heterocycles. The first-order chi connectivity index (χ1) is 13.2. The maximum absolute atomic E-state index is 6.20.